The largest absolute Gasteiger partial charge is 0.394 e. The second-order valence-corrected chi connectivity index (χ2v) is 7.31. The van der Waals surface area contributed by atoms with Crippen LogP contribution in [0, 0.1) is 0 Å². The van der Waals surface area contributed by atoms with E-state index in [9.17, 15) is 25.2 Å². The van der Waals surface area contributed by atoms with E-state index >= 15 is 0 Å². The SMILES string of the molecule is CC(=O)NC1CCCCC1SC1O[C@H](CO)[C@H](O)[C@H](O)[C@H]1O. The van der Waals surface area contributed by atoms with Gasteiger partial charge in [-0.05, 0) is 12.8 Å². The van der Waals surface area contributed by atoms with Gasteiger partial charge in [0, 0.05) is 18.2 Å². The summed E-state index contributed by atoms with van der Waals surface area (Å²) in [6.07, 6.45) is -0.997. The number of carbonyl (C=O) groups excluding carboxylic acids is 1. The predicted octanol–water partition coefficient (Wildman–Crippen LogP) is -1.03. The summed E-state index contributed by atoms with van der Waals surface area (Å²) in [6, 6.07) is 0.00335. The molecule has 1 heterocycles. The highest BCUT2D eigenvalue weighted by Crippen LogP contribution is 2.36. The Labute approximate surface area is 134 Å². The Bertz CT molecular complexity index is 382. The summed E-state index contributed by atoms with van der Waals surface area (Å²) < 4.78 is 5.53. The number of ether oxygens (including phenoxy) is 1. The van der Waals surface area contributed by atoms with Crippen molar-refractivity contribution in [2.45, 2.75) is 73.8 Å². The Kier molecular flexibility index (Phi) is 6.48. The number of aliphatic hydroxyl groups excluding tert-OH is 4. The van der Waals surface area contributed by atoms with Crippen molar-refractivity contribution < 1.29 is 30.0 Å². The van der Waals surface area contributed by atoms with Gasteiger partial charge in [0.25, 0.3) is 0 Å². The summed E-state index contributed by atoms with van der Waals surface area (Å²) in [4.78, 5) is 11.3. The summed E-state index contributed by atoms with van der Waals surface area (Å²) >= 11 is 1.36. The van der Waals surface area contributed by atoms with Crippen LogP contribution in [-0.4, -0.2) is 74.1 Å². The topological polar surface area (TPSA) is 119 Å². The minimum atomic E-state index is -1.36. The van der Waals surface area contributed by atoms with Crippen molar-refractivity contribution in [3.8, 4) is 0 Å². The second-order valence-electron chi connectivity index (χ2n) is 5.96. The Hall–Kier alpha value is -0.380. The molecule has 1 saturated carbocycles. The third-order valence-corrected chi connectivity index (χ3v) is 5.82. The maximum absolute atomic E-state index is 11.3. The molecule has 5 N–H and O–H groups in total. The van der Waals surface area contributed by atoms with Gasteiger partial charge in [0.1, 0.15) is 29.9 Å². The number of thioether (sulfide) groups is 1. The maximum atomic E-state index is 11.3. The van der Waals surface area contributed by atoms with Crippen LogP contribution < -0.4 is 5.32 Å². The van der Waals surface area contributed by atoms with Crippen LogP contribution >= 0.6 is 11.8 Å². The van der Waals surface area contributed by atoms with E-state index in [0.717, 1.165) is 25.7 Å². The molecular weight excluding hydrogens is 310 g/mol. The monoisotopic (exact) mass is 335 g/mol. The number of rotatable bonds is 4. The molecule has 2 fully saturated rings. The average Bonchev–Trinajstić information content (AvgIpc) is 2.49. The fourth-order valence-electron chi connectivity index (χ4n) is 3.04. The standard InChI is InChI=1S/C14H25NO6S/c1-7(17)15-8-4-2-3-5-10(8)22-14-13(20)12(19)11(18)9(6-16)21-14/h8-14,16,18-20H,2-6H2,1H3,(H,15,17)/t8?,9-,10?,11+,12+,13-,14?/m1/s1. The first-order valence-electron chi connectivity index (χ1n) is 7.67. The van der Waals surface area contributed by atoms with Crippen molar-refractivity contribution in [2.75, 3.05) is 6.61 Å². The highest BCUT2D eigenvalue weighted by Gasteiger charge is 2.45. The zero-order valence-electron chi connectivity index (χ0n) is 12.6. The lowest BCUT2D eigenvalue weighted by Crippen LogP contribution is -2.58. The molecule has 7 nitrogen and oxygen atoms in total. The molecule has 7 atom stereocenters. The Morgan fingerprint density at radius 1 is 1.18 bits per heavy atom. The van der Waals surface area contributed by atoms with Gasteiger partial charge in [-0.15, -0.1) is 11.8 Å². The van der Waals surface area contributed by atoms with Crippen LogP contribution in [0.4, 0.5) is 0 Å². The van der Waals surface area contributed by atoms with Gasteiger partial charge in [0.2, 0.25) is 5.91 Å². The molecule has 1 aliphatic carbocycles. The van der Waals surface area contributed by atoms with Crippen molar-refractivity contribution in [3.05, 3.63) is 0 Å². The van der Waals surface area contributed by atoms with Crippen LogP contribution in [0.5, 0.6) is 0 Å². The van der Waals surface area contributed by atoms with E-state index in [0.29, 0.717) is 0 Å². The zero-order chi connectivity index (χ0) is 16.3. The van der Waals surface area contributed by atoms with Crippen LogP contribution in [0.3, 0.4) is 0 Å². The first kappa shape index (κ1) is 18.0. The lowest BCUT2D eigenvalue weighted by atomic mass is 9.95. The summed E-state index contributed by atoms with van der Waals surface area (Å²) in [6.45, 7) is 1.05. The van der Waals surface area contributed by atoms with Crippen LogP contribution in [0.2, 0.25) is 0 Å². The molecule has 1 aliphatic heterocycles. The first-order chi connectivity index (χ1) is 10.4. The van der Waals surface area contributed by atoms with Gasteiger partial charge >= 0.3 is 0 Å². The summed E-state index contributed by atoms with van der Waals surface area (Å²) in [5, 5.41) is 41.9. The van der Waals surface area contributed by atoms with E-state index in [1.165, 1.54) is 18.7 Å². The molecule has 2 rings (SSSR count). The van der Waals surface area contributed by atoms with Gasteiger partial charge in [0.15, 0.2) is 0 Å². The summed E-state index contributed by atoms with van der Waals surface area (Å²) in [5.74, 6) is -0.0914. The zero-order valence-corrected chi connectivity index (χ0v) is 13.4. The fraction of sp³-hybridized carbons (Fsp3) is 0.929. The number of amides is 1. The molecule has 2 aliphatic rings. The third-order valence-electron chi connectivity index (χ3n) is 4.25. The molecule has 0 aromatic heterocycles. The molecule has 128 valence electrons. The van der Waals surface area contributed by atoms with Gasteiger partial charge in [0.05, 0.1) is 6.61 Å². The number of hydrogen-bond acceptors (Lipinski definition) is 7. The van der Waals surface area contributed by atoms with Gasteiger partial charge in [-0.3, -0.25) is 4.79 Å². The van der Waals surface area contributed by atoms with Crippen molar-refractivity contribution in [3.63, 3.8) is 0 Å². The van der Waals surface area contributed by atoms with E-state index in [4.69, 9.17) is 4.74 Å². The van der Waals surface area contributed by atoms with Gasteiger partial charge in [-0.25, -0.2) is 0 Å². The normalized spacial score (nSPS) is 42.9. The number of nitrogens with one attached hydrogen (secondary N) is 1. The van der Waals surface area contributed by atoms with Gasteiger partial charge in [-0.1, -0.05) is 12.8 Å². The van der Waals surface area contributed by atoms with Crippen molar-refractivity contribution >= 4 is 17.7 Å². The van der Waals surface area contributed by atoms with Crippen LogP contribution in [-0.2, 0) is 9.53 Å². The maximum Gasteiger partial charge on any atom is 0.217 e. The first-order valence-corrected chi connectivity index (χ1v) is 8.61. The van der Waals surface area contributed by atoms with E-state index in [2.05, 4.69) is 5.32 Å². The quantitative estimate of drug-likeness (QED) is 0.445. The third kappa shape index (κ3) is 4.12. The lowest BCUT2D eigenvalue weighted by Gasteiger charge is -2.42. The number of aliphatic hydroxyl groups is 4. The second kappa shape index (κ2) is 7.94. The molecular formula is C14H25NO6S. The number of hydrogen-bond donors (Lipinski definition) is 5. The minimum absolute atomic E-state index is 0.00335. The highest BCUT2D eigenvalue weighted by molar-refractivity contribution is 8.00. The van der Waals surface area contributed by atoms with E-state index in [1.807, 2.05) is 0 Å². The molecule has 3 unspecified atom stereocenters. The summed E-state index contributed by atoms with van der Waals surface area (Å²) in [7, 11) is 0. The Morgan fingerprint density at radius 3 is 2.50 bits per heavy atom. The lowest BCUT2D eigenvalue weighted by molar-refractivity contribution is -0.205. The van der Waals surface area contributed by atoms with Crippen molar-refractivity contribution in [1.82, 2.24) is 5.32 Å². The van der Waals surface area contributed by atoms with E-state index in [1.54, 1.807) is 0 Å². The van der Waals surface area contributed by atoms with Crippen molar-refractivity contribution in [1.29, 1.82) is 0 Å². The molecule has 8 heteroatoms. The molecule has 1 saturated heterocycles. The van der Waals surface area contributed by atoms with Crippen LogP contribution in [0.1, 0.15) is 32.6 Å². The molecule has 0 bridgehead atoms. The fourth-order valence-corrected chi connectivity index (χ4v) is 4.61. The molecule has 22 heavy (non-hydrogen) atoms. The smallest absolute Gasteiger partial charge is 0.217 e. The van der Waals surface area contributed by atoms with Crippen LogP contribution in [0.25, 0.3) is 0 Å². The minimum Gasteiger partial charge on any atom is -0.394 e. The Balaban J connectivity index is 2.01. The molecule has 0 spiro atoms. The summed E-state index contributed by atoms with van der Waals surface area (Å²) in [5.41, 5.74) is -0.741. The molecule has 0 radical (unpaired) electrons. The van der Waals surface area contributed by atoms with Crippen LogP contribution in [0.15, 0.2) is 0 Å². The highest BCUT2D eigenvalue weighted by atomic mass is 32.2. The predicted molar refractivity (Wildman–Crippen MR) is 81.2 cm³/mol. The molecule has 0 aromatic rings. The molecule has 1 amide bonds. The van der Waals surface area contributed by atoms with E-state index in [-0.39, 0.29) is 17.2 Å². The Morgan fingerprint density at radius 2 is 1.86 bits per heavy atom. The average molecular weight is 335 g/mol. The van der Waals surface area contributed by atoms with Crippen molar-refractivity contribution in [2.24, 2.45) is 0 Å². The number of carbonyl (C=O) groups is 1. The van der Waals surface area contributed by atoms with Gasteiger partial charge < -0.3 is 30.5 Å². The van der Waals surface area contributed by atoms with E-state index < -0.39 is 36.5 Å². The van der Waals surface area contributed by atoms with Gasteiger partial charge in [-0.2, -0.15) is 0 Å². The molecule has 0 aromatic carbocycles.